The molecule has 2 aromatic carbocycles. The normalized spacial score (nSPS) is 13.9. The van der Waals surface area contributed by atoms with Crippen molar-refractivity contribution in [1.82, 2.24) is 19.5 Å². The van der Waals surface area contributed by atoms with Crippen LogP contribution in [-0.2, 0) is 11.2 Å². The van der Waals surface area contributed by atoms with E-state index < -0.39 is 29.7 Å². The summed E-state index contributed by atoms with van der Waals surface area (Å²) >= 11 is 0. The van der Waals surface area contributed by atoms with Crippen molar-refractivity contribution in [3.05, 3.63) is 109 Å². The standard InChI is InChI=1S/C28H26N6O4/c1-3-16-5-9-20-18(11-16)7-6-17-10-15(2)4-8-19(17)24(20)21-14-34(28(38)33-26(21)37)27-31-12-22(29)25(32-27)30-13-23(35)36/h4-12,14,24H,3,13,29H2,1-2H3,(H,35,36)(H,30,31,32)(H,33,37,38). The molecule has 4 aromatic rings. The first kappa shape index (κ1) is 24.7. The molecule has 0 radical (unpaired) electrons. The van der Waals surface area contributed by atoms with Crippen molar-refractivity contribution in [2.75, 3.05) is 17.6 Å². The number of hydrogen-bond donors (Lipinski definition) is 4. The van der Waals surface area contributed by atoms with Gasteiger partial charge in [0.2, 0.25) is 5.95 Å². The van der Waals surface area contributed by atoms with Gasteiger partial charge in [0.05, 0.1) is 11.9 Å². The largest absolute Gasteiger partial charge is 0.480 e. The van der Waals surface area contributed by atoms with E-state index in [-0.39, 0.29) is 17.5 Å². The number of carboxylic acids is 1. The number of anilines is 2. The molecule has 2 heterocycles. The van der Waals surface area contributed by atoms with E-state index in [0.29, 0.717) is 5.56 Å². The molecule has 0 fully saturated rings. The molecule has 0 bridgehead atoms. The lowest BCUT2D eigenvalue weighted by Gasteiger charge is -2.21. The summed E-state index contributed by atoms with van der Waals surface area (Å²) in [6.07, 6.45) is 7.70. The van der Waals surface area contributed by atoms with Crippen LogP contribution in [0.4, 0.5) is 11.5 Å². The fraction of sp³-hybridized carbons (Fsp3) is 0.179. The van der Waals surface area contributed by atoms with Gasteiger partial charge in [0.15, 0.2) is 5.82 Å². The summed E-state index contributed by atoms with van der Waals surface area (Å²) < 4.78 is 1.13. The van der Waals surface area contributed by atoms with Crippen LogP contribution in [0.1, 0.15) is 51.8 Å². The number of nitrogen functional groups attached to an aromatic ring is 1. The van der Waals surface area contributed by atoms with Crippen LogP contribution in [0.25, 0.3) is 18.1 Å². The number of carbonyl (C=O) groups is 1. The zero-order valence-electron chi connectivity index (χ0n) is 20.9. The lowest BCUT2D eigenvalue weighted by atomic mass is 9.82. The third kappa shape index (κ3) is 4.59. The Morgan fingerprint density at radius 1 is 1.11 bits per heavy atom. The second-order valence-corrected chi connectivity index (χ2v) is 9.15. The molecule has 192 valence electrons. The zero-order valence-corrected chi connectivity index (χ0v) is 20.9. The summed E-state index contributed by atoms with van der Waals surface area (Å²) in [4.78, 5) is 48.0. The Bertz CT molecular complexity index is 1720. The SMILES string of the molecule is CCc1ccc2c(c1)C=Cc1cc(C)ccc1C2c1cn(-c2ncc(N)c(NCC(=O)O)n2)c(=O)[nH]c1=O. The Morgan fingerprint density at radius 3 is 2.53 bits per heavy atom. The van der Waals surface area contributed by atoms with E-state index in [2.05, 4.69) is 45.4 Å². The number of H-pyrrole nitrogens is 1. The van der Waals surface area contributed by atoms with Gasteiger partial charge in [-0.25, -0.2) is 14.3 Å². The lowest BCUT2D eigenvalue weighted by Crippen LogP contribution is -2.33. The van der Waals surface area contributed by atoms with Crippen molar-refractivity contribution >= 4 is 29.6 Å². The van der Waals surface area contributed by atoms with E-state index >= 15 is 0 Å². The van der Waals surface area contributed by atoms with Crippen molar-refractivity contribution in [3.63, 3.8) is 0 Å². The molecule has 1 aliphatic carbocycles. The summed E-state index contributed by atoms with van der Waals surface area (Å²) in [5.74, 6) is -1.58. The van der Waals surface area contributed by atoms with E-state index in [0.717, 1.165) is 38.8 Å². The summed E-state index contributed by atoms with van der Waals surface area (Å²) in [6, 6.07) is 12.3. The van der Waals surface area contributed by atoms with E-state index in [9.17, 15) is 14.4 Å². The van der Waals surface area contributed by atoms with Gasteiger partial charge in [0, 0.05) is 17.7 Å². The summed E-state index contributed by atoms with van der Waals surface area (Å²) in [6.45, 7) is 3.68. The van der Waals surface area contributed by atoms with Gasteiger partial charge >= 0.3 is 11.7 Å². The number of hydrogen-bond acceptors (Lipinski definition) is 7. The van der Waals surface area contributed by atoms with E-state index in [1.807, 2.05) is 37.3 Å². The molecule has 10 nitrogen and oxygen atoms in total. The van der Waals surface area contributed by atoms with Crippen LogP contribution in [0.15, 0.2) is 58.4 Å². The van der Waals surface area contributed by atoms with Gasteiger partial charge in [0.1, 0.15) is 6.54 Å². The summed E-state index contributed by atoms with van der Waals surface area (Å²) in [5.41, 5.74) is 11.2. The number of nitrogens with zero attached hydrogens (tertiary/aromatic N) is 3. The minimum absolute atomic E-state index is 0.0629. The van der Waals surface area contributed by atoms with Crippen molar-refractivity contribution < 1.29 is 9.90 Å². The highest BCUT2D eigenvalue weighted by atomic mass is 16.4. The quantitative estimate of drug-likeness (QED) is 0.272. The Kier molecular flexibility index (Phi) is 6.38. The molecule has 5 N–H and O–H groups in total. The Hall–Kier alpha value is -4.99. The lowest BCUT2D eigenvalue weighted by molar-refractivity contribution is -0.134. The smallest absolute Gasteiger partial charge is 0.335 e. The maximum atomic E-state index is 13.3. The van der Waals surface area contributed by atoms with Gasteiger partial charge in [-0.05, 0) is 41.2 Å². The second-order valence-electron chi connectivity index (χ2n) is 9.15. The number of aliphatic carboxylic acids is 1. The molecule has 1 aliphatic rings. The number of fused-ring (bicyclic) bond motifs is 2. The van der Waals surface area contributed by atoms with Crippen molar-refractivity contribution in [2.45, 2.75) is 26.2 Å². The molecular formula is C28H26N6O4. The van der Waals surface area contributed by atoms with Crippen LogP contribution in [0.5, 0.6) is 0 Å². The minimum atomic E-state index is -1.10. The van der Waals surface area contributed by atoms with Crippen molar-refractivity contribution in [3.8, 4) is 5.95 Å². The first-order valence-corrected chi connectivity index (χ1v) is 12.1. The molecule has 0 amide bonds. The number of carboxylic acid groups (broad SMARTS) is 1. The minimum Gasteiger partial charge on any atom is -0.480 e. The van der Waals surface area contributed by atoms with Gasteiger partial charge in [-0.2, -0.15) is 4.98 Å². The van der Waals surface area contributed by atoms with Crippen LogP contribution < -0.4 is 22.3 Å². The highest BCUT2D eigenvalue weighted by Gasteiger charge is 2.27. The van der Waals surface area contributed by atoms with Crippen LogP contribution in [-0.4, -0.2) is 37.1 Å². The van der Waals surface area contributed by atoms with Gasteiger partial charge < -0.3 is 16.2 Å². The van der Waals surface area contributed by atoms with E-state index in [4.69, 9.17) is 10.8 Å². The molecule has 0 saturated carbocycles. The molecule has 2 aromatic heterocycles. The van der Waals surface area contributed by atoms with Crippen LogP contribution in [0.3, 0.4) is 0 Å². The first-order chi connectivity index (χ1) is 18.2. The Labute approximate surface area is 217 Å². The van der Waals surface area contributed by atoms with Crippen molar-refractivity contribution in [2.24, 2.45) is 0 Å². The number of aromatic amines is 1. The molecule has 10 heteroatoms. The summed E-state index contributed by atoms with van der Waals surface area (Å²) in [7, 11) is 0. The third-order valence-electron chi connectivity index (χ3n) is 6.57. The maximum absolute atomic E-state index is 13.3. The van der Waals surface area contributed by atoms with Crippen molar-refractivity contribution in [1.29, 1.82) is 0 Å². The third-order valence-corrected chi connectivity index (χ3v) is 6.57. The first-order valence-electron chi connectivity index (χ1n) is 12.1. The highest BCUT2D eigenvalue weighted by Crippen LogP contribution is 2.38. The van der Waals surface area contributed by atoms with Crippen LogP contribution in [0, 0.1) is 6.92 Å². The zero-order chi connectivity index (χ0) is 27.0. The number of nitrogens with one attached hydrogen (secondary N) is 2. The predicted molar refractivity (Wildman–Crippen MR) is 146 cm³/mol. The number of rotatable bonds is 6. The summed E-state index contributed by atoms with van der Waals surface area (Å²) in [5, 5.41) is 11.6. The molecular weight excluding hydrogens is 484 g/mol. The predicted octanol–water partition coefficient (Wildman–Crippen LogP) is 2.93. The Balaban J connectivity index is 1.72. The van der Waals surface area contributed by atoms with Crippen LogP contribution in [0.2, 0.25) is 0 Å². The fourth-order valence-electron chi connectivity index (χ4n) is 4.67. The molecule has 0 aliphatic heterocycles. The molecule has 5 rings (SSSR count). The van der Waals surface area contributed by atoms with E-state index in [1.54, 1.807) is 0 Å². The average molecular weight is 511 g/mol. The van der Waals surface area contributed by atoms with Gasteiger partial charge in [-0.1, -0.05) is 61.0 Å². The maximum Gasteiger partial charge on any atom is 0.335 e. The molecule has 1 atom stereocenters. The molecule has 0 saturated heterocycles. The molecule has 0 spiro atoms. The Morgan fingerprint density at radius 2 is 1.82 bits per heavy atom. The monoisotopic (exact) mass is 510 g/mol. The average Bonchev–Trinajstić information content (AvgIpc) is 3.04. The number of aromatic nitrogens is 4. The fourth-order valence-corrected chi connectivity index (χ4v) is 4.67. The highest BCUT2D eigenvalue weighted by molar-refractivity contribution is 5.78. The van der Waals surface area contributed by atoms with Gasteiger partial charge in [0.25, 0.3) is 5.56 Å². The number of aryl methyl sites for hydroxylation is 2. The van der Waals surface area contributed by atoms with Crippen LogP contribution >= 0.6 is 0 Å². The molecule has 38 heavy (non-hydrogen) atoms. The number of nitrogens with two attached hydrogens (primary N) is 1. The topological polar surface area (TPSA) is 156 Å². The van der Waals surface area contributed by atoms with Gasteiger partial charge in [-0.15, -0.1) is 0 Å². The van der Waals surface area contributed by atoms with E-state index in [1.165, 1.54) is 18.0 Å². The second kappa shape index (κ2) is 9.81. The van der Waals surface area contributed by atoms with Gasteiger partial charge in [-0.3, -0.25) is 14.6 Å². The molecule has 1 unspecified atom stereocenters. The number of benzene rings is 2.